The molecule has 3 heterocycles. The Morgan fingerprint density at radius 1 is 1.40 bits per heavy atom. The van der Waals surface area contributed by atoms with Gasteiger partial charge in [0.05, 0.1) is 18.1 Å². The van der Waals surface area contributed by atoms with E-state index >= 15 is 0 Å². The fraction of sp³-hybridized carbons (Fsp3) is 0. The average molecular weight is 202 g/mol. The van der Waals surface area contributed by atoms with E-state index in [9.17, 15) is 4.39 Å². The summed E-state index contributed by atoms with van der Waals surface area (Å²) in [4.78, 5) is 10.2. The molecule has 0 aliphatic carbocycles. The first-order valence-electron chi connectivity index (χ1n) is 4.26. The van der Waals surface area contributed by atoms with Crippen LogP contribution < -0.4 is 0 Å². The fourth-order valence-corrected chi connectivity index (χ4v) is 1.31. The van der Waals surface area contributed by atoms with Gasteiger partial charge in [0.2, 0.25) is 5.95 Å². The highest BCUT2D eigenvalue weighted by Gasteiger charge is 2.04. The van der Waals surface area contributed by atoms with Crippen LogP contribution in [0.1, 0.15) is 0 Å². The van der Waals surface area contributed by atoms with Gasteiger partial charge in [-0.25, -0.2) is 14.6 Å². The SMILES string of the molecule is Fc1ccc(-n2cc3[nH][c]nc3n2)cn1. The third-order valence-electron chi connectivity index (χ3n) is 2.02. The minimum Gasteiger partial charge on any atom is -0.333 e. The molecule has 0 atom stereocenters. The van der Waals surface area contributed by atoms with Crippen LogP contribution in [0, 0.1) is 12.3 Å². The lowest BCUT2D eigenvalue weighted by atomic mass is 10.4. The number of nitrogens with one attached hydrogen (secondary N) is 1. The van der Waals surface area contributed by atoms with Gasteiger partial charge in [-0.15, -0.1) is 5.10 Å². The number of imidazole rings is 1. The first kappa shape index (κ1) is 8.10. The lowest BCUT2D eigenvalue weighted by molar-refractivity contribution is 0.582. The molecule has 15 heavy (non-hydrogen) atoms. The molecule has 1 N–H and O–H groups in total. The van der Waals surface area contributed by atoms with E-state index < -0.39 is 5.95 Å². The maximum absolute atomic E-state index is 12.6. The molecule has 0 amide bonds. The quantitative estimate of drug-likeness (QED) is 0.601. The molecule has 3 aromatic rings. The zero-order chi connectivity index (χ0) is 10.3. The second-order valence-corrected chi connectivity index (χ2v) is 3.00. The Labute approximate surface area is 83.6 Å². The number of aromatic amines is 1. The normalized spacial score (nSPS) is 11.0. The van der Waals surface area contributed by atoms with Gasteiger partial charge in [0, 0.05) is 0 Å². The summed E-state index contributed by atoms with van der Waals surface area (Å²) in [7, 11) is 0. The fourth-order valence-electron chi connectivity index (χ4n) is 1.31. The highest BCUT2D eigenvalue weighted by Crippen LogP contribution is 2.10. The number of hydrogen-bond acceptors (Lipinski definition) is 3. The van der Waals surface area contributed by atoms with Gasteiger partial charge in [-0.2, -0.15) is 4.39 Å². The van der Waals surface area contributed by atoms with Crippen molar-refractivity contribution in [2.45, 2.75) is 0 Å². The third-order valence-corrected chi connectivity index (χ3v) is 2.02. The van der Waals surface area contributed by atoms with Gasteiger partial charge in [0.25, 0.3) is 0 Å². The second kappa shape index (κ2) is 2.88. The topological polar surface area (TPSA) is 59.4 Å². The van der Waals surface area contributed by atoms with Gasteiger partial charge in [0.15, 0.2) is 12.0 Å². The molecule has 0 saturated carbocycles. The summed E-state index contributed by atoms with van der Waals surface area (Å²) in [6.45, 7) is 0. The van der Waals surface area contributed by atoms with E-state index in [2.05, 4.69) is 26.4 Å². The Balaban J connectivity index is 2.13. The van der Waals surface area contributed by atoms with Crippen LogP contribution in [-0.4, -0.2) is 24.7 Å². The average Bonchev–Trinajstić information content (AvgIpc) is 2.78. The molecule has 5 nitrogen and oxygen atoms in total. The minimum atomic E-state index is -0.511. The molecular weight excluding hydrogens is 197 g/mol. The maximum atomic E-state index is 12.6. The summed E-state index contributed by atoms with van der Waals surface area (Å²) < 4.78 is 14.2. The van der Waals surface area contributed by atoms with Crippen molar-refractivity contribution in [3.8, 4) is 5.69 Å². The molecule has 0 aliphatic rings. The molecule has 0 aliphatic heterocycles. The summed E-state index contributed by atoms with van der Waals surface area (Å²) in [5.41, 5.74) is 2.03. The molecule has 0 unspecified atom stereocenters. The van der Waals surface area contributed by atoms with Gasteiger partial charge < -0.3 is 4.98 Å². The number of H-pyrrole nitrogens is 1. The number of aromatic nitrogens is 5. The van der Waals surface area contributed by atoms with E-state index in [1.807, 2.05) is 0 Å². The summed E-state index contributed by atoms with van der Waals surface area (Å²) in [5.74, 6) is -0.511. The van der Waals surface area contributed by atoms with Crippen molar-refractivity contribution < 1.29 is 4.39 Å². The number of rotatable bonds is 1. The molecule has 6 heteroatoms. The Hall–Kier alpha value is -2.24. The molecule has 73 valence electrons. The van der Waals surface area contributed by atoms with Crippen molar-refractivity contribution in [3.05, 3.63) is 36.8 Å². The molecule has 0 bridgehead atoms. The number of fused-ring (bicyclic) bond motifs is 1. The third kappa shape index (κ3) is 1.26. The van der Waals surface area contributed by atoms with Crippen molar-refractivity contribution in [1.29, 1.82) is 0 Å². The Kier molecular flexibility index (Phi) is 1.55. The van der Waals surface area contributed by atoms with Crippen molar-refractivity contribution in [2.75, 3.05) is 0 Å². The zero-order valence-corrected chi connectivity index (χ0v) is 7.48. The van der Waals surface area contributed by atoms with Crippen LogP contribution >= 0.6 is 0 Å². The van der Waals surface area contributed by atoms with E-state index in [1.54, 1.807) is 16.9 Å². The number of nitrogens with zero attached hydrogens (tertiary/aromatic N) is 4. The van der Waals surface area contributed by atoms with Crippen LogP contribution in [0.4, 0.5) is 4.39 Å². The number of hydrogen-bond donors (Lipinski definition) is 1. The monoisotopic (exact) mass is 202 g/mol. The summed E-state index contributed by atoms with van der Waals surface area (Å²) in [6, 6.07) is 2.88. The zero-order valence-electron chi connectivity index (χ0n) is 7.48. The standard InChI is InChI=1S/C9H5FN5/c10-8-2-1-6(3-11-8)15-4-7-9(14-15)13-5-12-7/h1-4H,(H,12,13,14). The van der Waals surface area contributed by atoms with Crippen LogP contribution in [0.25, 0.3) is 16.9 Å². The molecule has 3 rings (SSSR count). The van der Waals surface area contributed by atoms with E-state index in [0.29, 0.717) is 11.3 Å². The summed E-state index contributed by atoms with van der Waals surface area (Å²) >= 11 is 0. The lowest BCUT2D eigenvalue weighted by Crippen LogP contribution is -1.96. The smallest absolute Gasteiger partial charge is 0.212 e. The molecule has 0 saturated heterocycles. The number of halogens is 1. The van der Waals surface area contributed by atoms with Gasteiger partial charge in [-0.3, -0.25) is 0 Å². The van der Waals surface area contributed by atoms with E-state index in [0.717, 1.165) is 5.52 Å². The summed E-state index contributed by atoms with van der Waals surface area (Å²) in [5, 5.41) is 4.15. The van der Waals surface area contributed by atoms with Gasteiger partial charge in [-0.05, 0) is 12.1 Å². The largest absolute Gasteiger partial charge is 0.333 e. The minimum absolute atomic E-state index is 0.511. The summed E-state index contributed by atoms with van der Waals surface area (Å²) in [6.07, 6.45) is 5.73. The maximum Gasteiger partial charge on any atom is 0.212 e. The molecule has 0 aromatic carbocycles. The molecule has 3 aromatic heterocycles. The predicted molar refractivity (Wildman–Crippen MR) is 49.8 cm³/mol. The van der Waals surface area contributed by atoms with E-state index in [1.165, 1.54) is 12.3 Å². The number of pyridine rings is 1. The predicted octanol–water partition coefficient (Wildman–Crippen LogP) is 1.08. The van der Waals surface area contributed by atoms with E-state index in [4.69, 9.17) is 0 Å². The van der Waals surface area contributed by atoms with Crippen molar-refractivity contribution in [2.24, 2.45) is 0 Å². The molecule has 0 fully saturated rings. The van der Waals surface area contributed by atoms with Crippen molar-refractivity contribution >= 4 is 11.2 Å². The first-order chi connectivity index (χ1) is 7.33. The van der Waals surface area contributed by atoms with Crippen LogP contribution in [0.15, 0.2) is 24.5 Å². The van der Waals surface area contributed by atoms with E-state index in [-0.39, 0.29) is 0 Å². The van der Waals surface area contributed by atoms with Crippen LogP contribution in [0.3, 0.4) is 0 Å². The van der Waals surface area contributed by atoms with Gasteiger partial charge in [-0.1, -0.05) is 0 Å². The highest BCUT2D eigenvalue weighted by molar-refractivity contribution is 5.69. The second-order valence-electron chi connectivity index (χ2n) is 3.00. The van der Waals surface area contributed by atoms with Crippen LogP contribution in [-0.2, 0) is 0 Å². The molecular formula is C9H5FN5. The van der Waals surface area contributed by atoms with Crippen LogP contribution in [0.5, 0.6) is 0 Å². The van der Waals surface area contributed by atoms with Gasteiger partial charge >= 0.3 is 0 Å². The Bertz CT molecular complexity index is 566. The Morgan fingerprint density at radius 2 is 2.33 bits per heavy atom. The first-order valence-corrected chi connectivity index (χ1v) is 4.26. The van der Waals surface area contributed by atoms with Crippen LogP contribution in [0.2, 0.25) is 0 Å². The van der Waals surface area contributed by atoms with Crippen molar-refractivity contribution in [1.82, 2.24) is 24.7 Å². The lowest BCUT2D eigenvalue weighted by Gasteiger charge is -1.98. The molecule has 1 radical (unpaired) electrons. The van der Waals surface area contributed by atoms with Crippen molar-refractivity contribution in [3.63, 3.8) is 0 Å². The Morgan fingerprint density at radius 3 is 3.07 bits per heavy atom. The van der Waals surface area contributed by atoms with Gasteiger partial charge in [0.1, 0.15) is 5.52 Å². The molecule has 0 spiro atoms. The highest BCUT2D eigenvalue weighted by atomic mass is 19.1.